The second-order valence-corrected chi connectivity index (χ2v) is 7.43. The highest BCUT2D eigenvalue weighted by molar-refractivity contribution is 5.90. The molecule has 2 atom stereocenters. The highest BCUT2D eigenvalue weighted by Gasteiger charge is 2.32. The molecular formula is C23H30N4O3. The van der Waals surface area contributed by atoms with E-state index in [0.717, 1.165) is 19.5 Å². The second-order valence-electron chi connectivity index (χ2n) is 7.43. The molecule has 1 saturated heterocycles. The van der Waals surface area contributed by atoms with Crippen LogP contribution in [0.25, 0.3) is 0 Å². The van der Waals surface area contributed by atoms with E-state index >= 15 is 0 Å². The third-order valence-electron chi connectivity index (χ3n) is 5.63. The van der Waals surface area contributed by atoms with Gasteiger partial charge in [-0.3, -0.25) is 10.2 Å². The molecule has 3 amide bonds. The number of carbonyl (C=O) groups excluding carboxylic acids is 2. The minimum Gasteiger partial charge on any atom is -0.453 e. The highest BCUT2D eigenvalue weighted by atomic mass is 16.5. The van der Waals surface area contributed by atoms with Gasteiger partial charge >= 0.3 is 12.1 Å². The highest BCUT2D eigenvalue weighted by Crippen LogP contribution is 2.27. The van der Waals surface area contributed by atoms with E-state index in [4.69, 9.17) is 0 Å². The zero-order chi connectivity index (χ0) is 21.5. The summed E-state index contributed by atoms with van der Waals surface area (Å²) in [6, 6.07) is 17.8. The van der Waals surface area contributed by atoms with Crippen molar-refractivity contribution in [2.45, 2.75) is 32.4 Å². The summed E-state index contributed by atoms with van der Waals surface area (Å²) in [6.45, 7) is 6.70. The number of ether oxygens (including phenoxy) is 1. The van der Waals surface area contributed by atoms with Crippen molar-refractivity contribution in [3.63, 3.8) is 0 Å². The minimum absolute atomic E-state index is 0.106. The summed E-state index contributed by atoms with van der Waals surface area (Å²) in [5.74, 6) is 0. The number of hydrogen-bond acceptors (Lipinski definition) is 4. The van der Waals surface area contributed by atoms with Crippen LogP contribution in [-0.2, 0) is 4.74 Å². The van der Waals surface area contributed by atoms with Crippen molar-refractivity contribution in [2.24, 2.45) is 0 Å². The number of hydrogen-bond donors (Lipinski definition) is 2. The van der Waals surface area contributed by atoms with Crippen molar-refractivity contribution in [3.05, 3.63) is 60.2 Å². The summed E-state index contributed by atoms with van der Waals surface area (Å²) in [5, 5.41) is 5.55. The van der Waals surface area contributed by atoms with Crippen molar-refractivity contribution in [1.29, 1.82) is 0 Å². The van der Waals surface area contributed by atoms with Gasteiger partial charge in [0.1, 0.15) is 0 Å². The van der Waals surface area contributed by atoms with Crippen molar-refractivity contribution in [1.82, 2.24) is 9.80 Å². The summed E-state index contributed by atoms with van der Waals surface area (Å²) in [5.41, 5.74) is 2.58. The third kappa shape index (κ3) is 5.30. The number of amides is 3. The molecule has 7 heteroatoms. The first-order chi connectivity index (χ1) is 14.5. The SMILES string of the molecule is CCN(C(=O)Nc1ccc(NC(=O)OC)cc1)C1CCN(C(C)c2ccccc2)C1. The molecule has 2 aromatic rings. The molecule has 30 heavy (non-hydrogen) atoms. The van der Waals surface area contributed by atoms with Crippen molar-refractivity contribution >= 4 is 23.5 Å². The van der Waals surface area contributed by atoms with Crippen LogP contribution in [0.1, 0.15) is 31.9 Å². The molecular weight excluding hydrogens is 380 g/mol. The van der Waals surface area contributed by atoms with E-state index in [0.29, 0.717) is 24.0 Å². The van der Waals surface area contributed by atoms with Gasteiger partial charge < -0.3 is 15.0 Å². The molecule has 2 unspecified atom stereocenters. The fourth-order valence-corrected chi connectivity index (χ4v) is 3.89. The summed E-state index contributed by atoms with van der Waals surface area (Å²) in [4.78, 5) is 28.5. The summed E-state index contributed by atoms with van der Waals surface area (Å²) in [7, 11) is 1.31. The normalized spacial score (nSPS) is 17.2. The number of nitrogens with zero attached hydrogens (tertiary/aromatic N) is 2. The van der Waals surface area contributed by atoms with E-state index in [2.05, 4.69) is 51.5 Å². The molecule has 1 aliphatic heterocycles. The number of likely N-dealkylation sites (tertiary alicyclic amines) is 1. The fraction of sp³-hybridized carbons (Fsp3) is 0.391. The topological polar surface area (TPSA) is 73.9 Å². The van der Waals surface area contributed by atoms with Crippen molar-refractivity contribution < 1.29 is 14.3 Å². The minimum atomic E-state index is -0.528. The van der Waals surface area contributed by atoms with Crippen LogP contribution in [0.4, 0.5) is 21.0 Å². The Kier molecular flexibility index (Phi) is 7.30. The number of methoxy groups -OCH3 is 1. The number of nitrogens with one attached hydrogen (secondary N) is 2. The Morgan fingerprint density at radius 2 is 1.73 bits per heavy atom. The average Bonchev–Trinajstić information content (AvgIpc) is 3.25. The van der Waals surface area contributed by atoms with E-state index in [9.17, 15) is 9.59 Å². The standard InChI is InChI=1S/C23H30N4O3/c1-4-27(21-14-15-26(16-21)17(2)18-8-6-5-7-9-18)22(28)24-19-10-12-20(13-11-19)25-23(29)30-3/h5-13,17,21H,4,14-16H2,1-3H3,(H,24,28)(H,25,29). The molecule has 3 rings (SSSR count). The Labute approximate surface area is 178 Å². The first-order valence-corrected chi connectivity index (χ1v) is 10.3. The van der Waals surface area contributed by atoms with Gasteiger partial charge in [-0.15, -0.1) is 0 Å². The van der Waals surface area contributed by atoms with E-state index < -0.39 is 6.09 Å². The van der Waals surface area contributed by atoms with E-state index in [1.54, 1.807) is 24.3 Å². The lowest BCUT2D eigenvalue weighted by atomic mass is 10.1. The van der Waals surface area contributed by atoms with Crippen LogP contribution in [0.2, 0.25) is 0 Å². The number of anilines is 2. The third-order valence-corrected chi connectivity index (χ3v) is 5.63. The molecule has 0 bridgehead atoms. The number of benzene rings is 2. The predicted molar refractivity (Wildman–Crippen MR) is 119 cm³/mol. The maximum atomic E-state index is 12.9. The van der Waals surface area contributed by atoms with E-state index in [1.807, 2.05) is 17.9 Å². The summed E-state index contributed by atoms with van der Waals surface area (Å²) >= 11 is 0. The fourth-order valence-electron chi connectivity index (χ4n) is 3.89. The quantitative estimate of drug-likeness (QED) is 0.732. The van der Waals surface area contributed by atoms with E-state index in [1.165, 1.54) is 12.7 Å². The van der Waals surface area contributed by atoms with Crippen LogP contribution in [0.3, 0.4) is 0 Å². The van der Waals surface area contributed by atoms with Crippen LogP contribution < -0.4 is 10.6 Å². The van der Waals surface area contributed by atoms with Gasteiger partial charge in [-0.2, -0.15) is 0 Å². The van der Waals surface area contributed by atoms with Crippen LogP contribution in [-0.4, -0.2) is 54.7 Å². The molecule has 0 saturated carbocycles. The molecule has 2 N–H and O–H groups in total. The number of likely N-dealkylation sites (N-methyl/N-ethyl adjacent to an activating group) is 1. The summed E-state index contributed by atoms with van der Waals surface area (Å²) < 4.78 is 4.58. The van der Waals surface area contributed by atoms with Crippen molar-refractivity contribution in [2.75, 3.05) is 37.4 Å². The largest absolute Gasteiger partial charge is 0.453 e. The molecule has 7 nitrogen and oxygen atoms in total. The molecule has 0 spiro atoms. The van der Waals surface area contributed by atoms with Crippen LogP contribution in [0.5, 0.6) is 0 Å². The Hall–Kier alpha value is -3.06. The average molecular weight is 411 g/mol. The van der Waals surface area contributed by atoms with Crippen LogP contribution in [0.15, 0.2) is 54.6 Å². The Morgan fingerprint density at radius 1 is 1.10 bits per heavy atom. The van der Waals surface area contributed by atoms with Gasteiger partial charge in [0.05, 0.1) is 7.11 Å². The Balaban J connectivity index is 1.58. The first-order valence-electron chi connectivity index (χ1n) is 10.3. The van der Waals surface area contributed by atoms with Gasteiger partial charge in [-0.1, -0.05) is 30.3 Å². The molecule has 0 aliphatic carbocycles. The number of urea groups is 1. The molecule has 1 aliphatic rings. The van der Waals surface area contributed by atoms with Gasteiger partial charge in [-0.05, 0) is 50.1 Å². The first kappa shape index (κ1) is 21.6. The van der Waals surface area contributed by atoms with Crippen molar-refractivity contribution in [3.8, 4) is 0 Å². The zero-order valence-electron chi connectivity index (χ0n) is 17.8. The van der Waals surface area contributed by atoms with Gasteiger partial charge in [0.2, 0.25) is 0 Å². The molecule has 2 aromatic carbocycles. The lowest BCUT2D eigenvalue weighted by molar-refractivity contribution is 0.183. The number of rotatable bonds is 6. The smallest absolute Gasteiger partial charge is 0.411 e. The number of carbonyl (C=O) groups is 2. The molecule has 0 aromatic heterocycles. The van der Waals surface area contributed by atoms with Gasteiger partial charge in [0.25, 0.3) is 0 Å². The monoisotopic (exact) mass is 410 g/mol. The van der Waals surface area contributed by atoms with Gasteiger partial charge in [-0.25, -0.2) is 9.59 Å². The molecule has 160 valence electrons. The Bertz CT molecular complexity index is 841. The summed E-state index contributed by atoms with van der Waals surface area (Å²) in [6.07, 6.45) is 0.430. The molecule has 0 radical (unpaired) electrons. The lowest BCUT2D eigenvalue weighted by Crippen LogP contribution is -2.44. The Morgan fingerprint density at radius 3 is 2.33 bits per heavy atom. The maximum Gasteiger partial charge on any atom is 0.411 e. The zero-order valence-corrected chi connectivity index (χ0v) is 17.8. The van der Waals surface area contributed by atoms with Gasteiger partial charge in [0, 0.05) is 43.1 Å². The molecule has 1 fully saturated rings. The van der Waals surface area contributed by atoms with E-state index in [-0.39, 0.29) is 12.1 Å². The molecule has 1 heterocycles. The maximum absolute atomic E-state index is 12.9. The van der Waals surface area contributed by atoms with Gasteiger partial charge in [0.15, 0.2) is 0 Å². The lowest BCUT2D eigenvalue weighted by Gasteiger charge is -2.30. The predicted octanol–water partition coefficient (Wildman–Crippen LogP) is 4.55. The second kappa shape index (κ2) is 10.1. The van der Waals surface area contributed by atoms with Crippen LogP contribution >= 0.6 is 0 Å². The van der Waals surface area contributed by atoms with Crippen LogP contribution in [0, 0.1) is 0 Å².